The van der Waals surface area contributed by atoms with Crippen LogP contribution in [0, 0.1) is 0 Å². The van der Waals surface area contributed by atoms with Crippen LogP contribution < -0.4 is 5.32 Å². The summed E-state index contributed by atoms with van der Waals surface area (Å²) in [6.45, 7) is 0.635. The molecule has 0 aliphatic carbocycles. The van der Waals surface area contributed by atoms with E-state index in [0.717, 1.165) is 13.0 Å². The molecule has 7 nitrogen and oxygen atoms in total. The van der Waals surface area contributed by atoms with Crippen LogP contribution in [0.4, 0.5) is 13.2 Å². The summed E-state index contributed by atoms with van der Waals surface area (Å²) in [4.78, 5) is 23.8. The van der Waals surface area contributed by atoms with Crippen molar-refractivity contribution in [2.75, 3.05) is 14.1 Å². The minimum atomic E-state index is -4.56. The smallest absolute Gasteiger partial charge is 0.408 e. The van der Waals surface area contributed by atoms with Gasteiger partial charge in [0, 0.05) is 18.2 Å². The number of aromatic nitrogens is 1. The van der Waals surface area contributed by atoms with E-state index in [1.165, 1.54) is 12.1 Å². The van der Waals surface area contributed by atoms with Gasteiger partial charge in [0.25, 0.3) is 5.91 Å². The highest BCUT2D eigenvalue weighted by molar-refractivity contribution is 6.34. The van der Waals surface area contributed by atoms with Gasteiger partial charge in [0.1, 0.15) is 6.04 Å². The van der Waals surface area contributed by atoms with Gasteiger partial charge in [0.2, 0.25) is 0 Å². The normalized spacial score (nSPS) is 14.4. The number of carbonyl (C=O) groups is 2. The molecule has 1 aliphatic heterocycles. The highest BCUT2D eigenvalue weighted by Crippen LogP contribution is 2.37. The zero-order valence-corrected chi connectivity index (χ0v) is 15.9. The van der Waals surface area contributed by atoms with E-state index in [0.29, 0.717) is 16.0 Å². The van der Waals surface area contributed by atoms with Crippen LogP contribution >= 0.6 is 11.6 Å². The Balaban J connectivity index is 0.000000878. The summed E-state index contributed by atoms with van der Waals surface area (Å²) in [6.07, 6.45) is -4.56. The molecule has 1 aliphatic rings. The minimum absolute atomic E-state index is 0.000472. The molecular weight excluding hydrogens is 403 g/mol. The van der Waals surface area contributed by atoms with Crippen LogP contribution in [0.1, 0.15) is 33.3 Å². The van der Waals surface area contributed by atoms with E-state index in [4.69, 9.17) is 21.2 Å². The Morgan fingerprint density at radius 1 is 1.36 bits per heavy atom. The minimum Gasteiger partial charge on any atom is -0.476 e. The van der Waals surface area contributed by atoms with E-state index in [1.54, 1.807) is 0 Å². The Kier molecular flexibility index (Phi) is 6.35. The van der Waals surface area contributed by atoms with Crippen molar-refractivity contribution >= 4 is 23.5 Å². The van der Waals surface area contributed by atoms with Crippen molar-refractivity contribution in [3.05, 3.63) is 40.0 Å². The van der Waals surface area contributed by atoms with Crippen LogP contribution in [0.3, 0.4) is 0 Å². The Hall–Kier alpha value is -2.59. The van der Waals surface area contributed by atoms with Gasteiger partial charge in [-0.05, 0) is 38.7 Å². The fourth-order valence-electron chi connectivity index (χ4n) is 2.57. The van der Waals surface area contributed by atoms with Crippen molar-refractivity contribution in [2.45, 2.75) is 25.7 Å². The maximum Gasteiger partial charge on any atom is 0.408 e. The largest absolute Gasteiger partial charge is 0.476 e. The van der Waals surface area contributed by atoms with Gasteiger partial charge in [-0.25, -0.2) is 4.79 Å². The average molecular weight is 420 g/mol. The molecule has 0 saturated carbocycles. The van der Waals surface area contributed by atoms with E-state index in [1.807, 2.05) is 14.1 Å². The number of nitrogens with zero attached hydrogens (tertiary/aromatic N) is 2. The number of hydrogen-bond donors (Lipinski definition) is 2. The van der Waals surface area contributed by atoms with E-state index in [-0.39, 0.29) is 28.6 Å². The molecule has 2 aromatic rings. The third-order valence-corrected chi connectivity index (χ3v) is 4.24. The summed E-state index contributed by atoms with van der Waals surface area (Å²) in [5.41, 5.74) is 0.296. The number of halogens is 4. The third-order valence-electron chi connectivity index (χ3n) is 3.94. The number of alkyl halides is 3. The lowest BCUT2D eigenvalue weighted by Crippen LogP contribution is -2.43. The maximum absolute atomic E-state index is 12.9. The first-order valence-corrected chi connectivity index (χ1v) is 8.38. The fraction of sp³-hybridized carbons (Fsp3) is 0.353. The van der Waals surface area contributed by atoms with Crippen LogP contribution in [0.5, 0.6) is 0 Å². The number of aromatic carboxylic acids is 1. The van der Waals surface area contributed by atoms with Crippen molar-refractivity contribution in [1.29, 1.82) is 0 Å². The zero-order chi connectivity index (χ0) is 21.2. The number of fused-ring (bicyclic) bond motifs is 1. The molecule has 152 valence electrons. The topological polar surface area (TPSA) is 95.7 Å². The Morgan fingerprint density at radius 3 is 2.46 bits per heavy atom. The molecule has 0 radical (unpaired) electrons. The van der Waals surface area contributed by atoms with Gasteiger partial charge in [-0.1, -0.05) is 16.8 Å². The van der Waals surface area contributed by atoms with E-state index in [9.17, 15) is 22.8 Å². The third kappa shape index (κ3) is 4.28. The summed E-state index contributed by atoms with van der Waals surface area (Å²) in [6, 6.07) is 1.96. The van der Waals surface area contributed by atoms with Crippen LogP contribution in [0.15, 0.2) is 22.7 Å². The van der Waals surface area contributed by atoms with Gasteiger partial charge in [-0.2, -0.15) is 13.2 Å². The molecule has 0 fully saturated rings. The van der Waals surface area contributed by atoms with Crippen molar-refractivity contribution in [2.24, 2.45) is 0 Å². The lowest BCUT2D eigenvalue weighted by Gasteiger charge is -2.26. The second-order valence-corrected chi connectivity index (χ2v) is 6.43. The molecule has 2 N–H and O–H groups in total. The van der Waals surface area contributed by atoms with Crippen LogP contribution in [-0.4, -0.2) is 53.4 Å². The number of benzene rings is 1. The molecule has 0 bridgehead atoms. The lowest BCUT2D eigenvalue weighted by atomic mass is 10.0. The summed E-state index contributed by atoms with van der Waals surface area (Å²) < 4.78 is 43.7. The van der Waals surface area contributed by atoms with Gasteiger partial charge >= 0.3 is 12.1 Å². The number of nitrogens with one attached hydrogen (secondary N) is 1. The molecule has 1 aromatic heterocycles. The Bertz CT molecular complexity index is 898. The highest BCUT2D eigenvalue weighted by atomic mass is 35.5. The molecule has 2 heterocycles. The van der Waals surface area contributed by atoms with Crippen LogP contribution in [0.2, 0.25) is 5.02 Å². The zero-order valence-electron chi connectivity index (χ0n) is 15.1. The molecule has 1 atom stereocenters. The SMILES string of the molecule is CNC.C[C@H](N1Cc2cc(-c3cc(C(=O)O)no3)cc(Cl)c2C1=O)C(F)(F)F. The van der Waals surface area contributed by atoms with Crippen LogP contribution in [-0.2, 0) is 6.54 Å². The first kappa shape index (κ1) is 21.7. The summed E-state index contributed by atoms with van der Waals surface area (Å²) in [5.74, 6) is -2.01. The van der Waals surface area contributed by atoms with Crippen molar-refractivity contribution in [1.82, 2.24) is 15.4 Å². The van der Waals surface area contributed by atoms with Gasteiger partial charge in [0.15, 0.2) is 11.5 Å². The molecule has 0 saturated heterocycles. The summed E-state index contributed by atoms with van der Waals surface area (Å²) in [5, 5.41) is 14.9. The van der Waals surface area contributed by atoms with Crippen molar-refractivity contribution in [3.63, 3.8) is 0 Å². The number of carboxylic acids is 1. The quantitative estimate of drug-likeness (QED) is 0.791. The summed E-state index contributed by atoms with van der Waals surface area (Å²) >= 11 is 6.07. The van der Waals surface area contributed by atoms with Gasteiger partial charge in [0.05, 0.1) is 10.6 Å². The molecule has 1 aromatic carbocycles. The summed E-state index contributed by atoms with van der Waals surface area (Å²) in [7, 11) is 3.75. The van der Waals surface area contributed by atoms with Gasteiger partial charge in [-0.15, -0.1) is 0 Å². The second kappa shape index (κ2) is 8.19. The number of carbonyl (C=O) groups excluding carboxylic acids is 1. The fourth-order valence-corrected chi connectivity index (χ4v) is 2.89. The molecule has 11 heteroatoms. The van der Waals surface area contributed by atoms with E-state index >= 15 is 0 Å². The molecule has 0 spiro atoms. The number of hydrogen-bond acceptors (Lipinski definition) is 5. The average Bonchev–Trinajstić information content (AvgIpc) is 3.19. The lowest BCUT2D eigenvalue weighted by molar-refractivity contribution is -0.172. The van der Waals surface area contributed by atoms with Gasteiger partial charge in [-0.3, -0.25) is 4.79 Å². The predicted molar refractivity (Wildman–Crippen MR) is 94.3 cm³/mol. The number of amides is 1. The molecule has 3 rings (SSSR count). The van der Waals surface area contributed by atoms with Crippen LogP contribution in [0.25, 0.3) is 11.3 Å². The standard InChI is InChI=1S/C15H10ClF3N2O4.C2H7N/c1-6(15(17,18)19)21-5-8-2-7(3-9(16)12(8)13(21)22)11-4-10(14(23)24)20-25-11;1-3-2/h2-4,6H,5H2,1H3,(H,23,24);3H,1-2H3/t6-;/m0./s1. The van der Waals surface area contributed by atoms with E-state index in [2.05, 4.69) is 10.5 Å². The Morgan fingerprint density at radius 2 is 1.96 bits per heavy atom. The predicted octanol–water partition coefficient (Wildman–Crippen LogP) is 3.44. The van der Waals surface area contributed by atoms with E-state index < -0.39 is 24.1 Å². The first-order chi connectivity index (χ1) is 13.0. The molecule has 28 heavy (non-hydrogen) atoms. The number of rotatable bonds is 3. The molecule has 1 amide bonds. The molecular formula is C17H17ClF3N3O4. The van der Waals surface area contributed by atoms with Crippen molar-refractivity contribution in [3.8, 4) is 11.3 Å². The van der Waals surface area contributed by atoms with Gasteiger partial charge < -0.3 is 19.8 Å². The monoisotopic (exact) mass is 419 g/mol. The Labute approximate surface area is 163 Å². The number of carboxylic acid groups (broad SMARTS) is 1. The molecule has 0 unspecified atom stereocenters. The van der Waals surface area contributed by atoms with Crippen molar-refractivity contribution < 1.29 is 32.4 Å². The second-order valence-electron chi connectivity index (χ2n) is 6.02. The maximum atomic E-state index is 12.9. The highest BCUT2D eigenvalue weighted by Gasteiger charge is 2.45. The first-order valence-electron chi connectivity index (χ1n) is 8.00.